The first-order valence-electron chi connectivity index (χ1n) is 13.2. The minimum Gasteiger partial charge on any atom is -0.478 e. The highest BCUT2D eigenvalue weighted by atomic mass is 16.6. The van der Waals surface area contributed by atoms with Gasteiger partial charge in [0.15, 0.2) is 0 Å². The molecule has 0 fully saturated rings. The second-order valence-corrected chi connectivity index (χ2v) is 8.77. The monoisotopic (exact) mass is 568 g/mol. The zero-order valence-electron chi connectivity index (χ0n) is 23.6. The van der Waals surface area contributed by atoms with E-state index in [2.05, 4.69) is 0 Å². The van der Waals surface area contributed by atoms with Crippen LogP contribution < -0.4 is 0 Å². The van der Waals surface area contributed by atoms with Crippen LogP contribution in [0, 0.1) is 0 Å². The Morgan fingerprint density at radius 3 is 1.30 bits per heavy atom. The van der Waals surface area contributed by atoms with Gasteiger partial charge >= 0.3 is 35.8 Å². The largest absolute Gasteiger partial charge is 0.478 e. The normalized spacial score (nSPS) is 10.4. The van der Waals surface area contributed by atoms with Crippen molar-refractivity contribution in [3.63, 3.8) is 0 Å². The van der Waals surface area contributed by atoms with Crippen LogP contribution in [0.3, 0.4) is 0 Å². The van der Waals surface area contributed by atoms with Crippen LogP contribution in [0.15, 0.2) is 24.3 Å². The molecule has 0 unspecified atom stereocenters. The Balaban J connectivity index is 0.00000104. The van der Waals surface area contributed by atoms with E-state index in [4.69, 9.17) is 29.2 Å². The van der Waals surface area contributed by atoms with Crippen LogP contribution in [-0.4, -0.2) is 71.5 Å². The fourth-order valence-electron chi connectivity index (χ4n) is 3.02. The summed E-state index contributed by atoms with van der Waals surface area (Å²) in [6, 6.07) is 5.02. The topological polar surface area (TPSA) is 180 Å². The highest BCUT2D eigenvalue weighted by molar-refractivity contribution is 5.92. The molecular weight excluding hydrogens is 528 g/mol. The second kappa shape index (κ2) is 20.0. The van der Waals surface area contributed by atoms with E-state index in [1.807, 2.05) is 20.8 Å². The highest BCUT2D eigenvalue weighted by Gasteiger charge is 2.48. The third kappa shape index (κ3) is 14.8. The minimum absolute atomic E-state index is 0.0833. The van der Waals surface area contributed by atoms with E-state index in [0.717, 1.165) is 26.2 Å². The minimum atomic E-state index is -2.09. The lowest BCUT2D eigenvalue weighted by molar-refractivity contribution is -0.190. The van der Waals surface area contributed by atoms with E-state index in [0.29, 0.717) is 19.3 Å². The van der Waals surface area contributed by atoms with Gasteiger partial charge in [0.25, 0.3) is 0 Å². The number of esters is 4. The Kier molecular flexibility index (Phi) is 18.0. The van der Waals surface area contributed by atoms with E-state index in [9.17, 15) is 28.8 Å². The Morgan fingerprint density at radius 2 is 1.00 bits per heavy atom. The quantitative estimate of drug-likeness (QED) is 0.156. The molecule has 0 radical (unpaired) electrons. The van der Waals surface area contributed by atoms with Gasteiger partial charge in [-0.25, -0.2) is 14.4 Å². The highest BCUT2D eigenvalue weighted by Crippen LogP contribution is 2.26. The molecule has 0 saturated carbocycles. The molecule has 40 heavy (non-hydrogen) atoms. The van der Waals surface area contributed by atoms with Crippen molar-refractivity contribution >= 4 is 35.8 Å². The number of carbonyl (C=O) groups excluding carboxylic acids is 4. The fourth-order valence-corrected chi connectivity index (χ4v) is 3.02. The number of carbonyl (C=O) groups is 6. The number of carboxylic acid groups (broad SMARTS) is 2. The van der Waals surface area contributed by atoms with Gasteiger partial charge in [-0.2, -0.15) is 0 Å². The van der Waals surface area contributed by atoms with Gasteiger partial charge in [-0.1, -0.05) is 40.0 Å². The molecule has 12 heteroatoms. The molecule has 0 saturated heterocycles. The van der Waals surface area contributed by atoms with Crippen molar-refractivity contribution in [3.8, 4) is 0 Å². The molecule has 1 aromatic carbocycles. The third-order valence-corrected chi connectivity index (χ3v) is 5.20. The van der Waals surface area contributed by atoms with E-state index in [-0.39, 0.29) is 30.9 Å². The molecular formula is C28H40O12. The van der Waals surface area contributed by atoms with Crippen LogP contribution in [-0.2, 0) is 38.1 Å². The van der Waals surface area contributed by atoms with Crippen molar-refractivity contribution in [2.75, 3.05) is 19.8 Å². The average molecular weight is 569 g/mol. The standard InChI is InChI=1S/C20H34O8.C8H6O4/c1-5-8-11-25-17(22)14-20(28-16(4)21,19(24)27-13-10-7-3)15-18(23)26-12-9-6-2;9-7(10)5-1-2-6(4-3-5)8(11)12/h5-15H2,1-4H3;1-4H,(H,9,10)(H,11,12). The summed E-state index contributed by atoms with van der Waals surface area (Å²) in [5.74, 6) is -5.38. The summed E-state index contributed by atoms with van der Waals surface area (Å²) < 4.78 is 20.5. The first-order chi connectivity index (χ1) is 18.9. The Hall–Kier alpha value is -3.96. The van der Waals surface area contributed by atoms with Crippen LogP contribution >= 0.6 is 0 Å². The van der Waals surface area contributed by atoms with E-state index >= 15 is 0 Å². The average Bonchev–Trinajstić information content (AvgIpc) is 2.89. The number of carboxylic acids is 2. The van der Waals surface area contributed by atoms with Crippen molar-refractivity contribution < 1.29 is 57.9 Å². The van der Waals surface area contributed by atoms with E-state index in [1.165, 1.54) is 24.3 Å². The lowest BCUT2D eigenvalue weighted by atomic mass is 9.95. The lowest BCUT2D eigenvalue weighted by Gasteiger charge is -2.29. The molecule has 1 aromatic rings. The molecule has 0 bridgehead atoms. The Morgan fingerprint density at radius 1 is 0.650 bits per heavy atom. The molecule has 12 nitrogen and oxygen atoms in total. The van der Waals surface area contributed by atoms with Crippen molar-refractivity contribution in [2.45, 2.75) is 84.7 Å². The number of ether oxygens (including phenoxy) is 4. The maximum absolute atomic E-state index is 12.7. The van der Waals surface area contributed by atoms with Crippen LogP contribution in [0.1, 0.15) is 99.8 Å². The van der Waals surface area contributed by atoms with Gasteiger partial charge < -0.3 is 29.2 Å². The van der Waals surface area contributed by atoms with Crippen molar-refractivity contribution in [2.24, 2.45) is 0 Å². The summed E-state index contributed by atoms with van der Waals surface area (Å²) >= 11 is 0. The van der Waals surface area contributed by atoms with Gasteiger partial charge in [0, 0.05) is 6.92 Å². The van der Waals surface area contributed by atoms with E-state index < -0.39 is 54.3 Å². The number of benzene rings is 1. The van der Waals surface area contributed by atoms with Gasteiger partial charge in [0.05, 0.1) is 43.8 Å². The summed E-state index contributed by atoms with van der Waals surface area (Å²) in [6.45, 7) is 7.34. The summed E-state index contributed by atoms with van der Waals surface area (Å²) in [7, 11) is 0. The van der Waals surface area contributed by atoms with Crippen LogP contribution in [0.25, 0.3) is 0 Å². The van der Waals surface area contributed by atoms with Crippen LogP contribution in [0.5, 0.6) is 0 Å². The zero-order chi connectivity index (χ0) is 30.6. The van der Waals surface area contributed by atoms with Crippen molar-refractivity contribution in [1.82, 2.24) is 0 Å². The van der Waals surface area contributed by atoms with Gasteiger partial charge in [0.2, 0.25) is 5.60 Å². The molecule has 0 aliphatic heterocycles. The number of unbranched alkanes of at least 4 members (excludes halogenated alkanes) is 3. The fraction of sp³-hybridized carbons (Fsp3) is 0.571. The first-order valence-corrected chi connectivity index (χ1v) is 13.2. The summed E-state index contributed by atoms with van der Waals surface area (Å²) in [5.41, 5.74) is -1.92. The predicted octanol–water partition coefficient (Wildman–Crippen LogP) is 4.18. The smallest absolute Gasteiger partial charge is 0.351 e. The number of hydrogen-bond donors (Lipinski definition) is 2. The van der Waals surface area contributed by atoms with Gasteiger partial charge in [-0.05, 0) is 43.5 Å². The molecule has 224 valence electrons. The van der Waals surface area contributed by atoms with Crippen LogP contribution in [0.2, 0.25) is 0 Å². The van der Waals surface area contributed by atoms with Crippen LogP contribution in [0.4, 0.5) is 0 Å². The van der Waals surface area contributed by atoms with Gasteiger partial charge in [-0.15, -0.1) is 0 Å². The van der Waals surface area contributed by atoms with E-state index in [1.54, 1.807) is 0 Å². The number of hydrogen-bond acceptors (Lipinski definition) is 10. The maximum atomic E-state index is 12.7. The molecule has 0 heterocycles. The molecule has 0 aromatic heterocycles. The molecule has 0 atom stereocenters. The second-order valence-electron chi connectivity index (χ2n) is 8.77. The molecule has 0 aliphatic rings. The summed E-state index contributed by atoms with van der Waals surface area (Å²) in [6.07, 6.45) is 3.14. The number of aromatic carboxylic acids is 2. The molecule has 0 spiro atoms. The first kappa shape index (κ1) is 36.0. The van der Waals surface area contributed by atoms with Crippen molar-refractivity contribution in [1.29, 1.82) is 0 Å². The summed E-state index contributed by atoms with van der Waals surface area (Å²) in [5, 5.41) is 16.9. The van der Waals surface area contributed by atoms with Gasteiger partial charge in [-0.3, -0.25) is 14.4 Å². The molecule has 2 N–H and O–H groups in total. The summed E-state index contributed by atoms with van der Waals surface area (Å²) in [4.78, 5) is 69.4. The predicted molar refractivity (Wildman–Crippen MR) is 142 cm³/mol. The SMILES string of the molecule is CCCCOC(=O)CC(CC(=O)OCCCC)(OC(C)=O)C(=O)OCCCC.O=C(O)c1ccc(C(=O)O)cc1. The maximum Gasteiger partial charge on any atom is 0.351 e. The van der Waals surface area contributed by atoms with Gasteiger partial charge in [0.1, 0.15) is 0 Å². The Labute approximate surface area is 233 Å². The lowest BCUT2D eigenvalue weighted by Crippen LogP contribution is -2.48. The third-order valence-electron chi connectivity index (χ3n) is 5.20. The Bertz CT molecular complexity index is 911. The number of rotatable bonds is 17. The van der Waals surface area contributed by atoms with Crippen molar-refractivity contribution in [3.05, 3.63) is 35.4 Å². The zero-order valence-corrected chi connectivity index (χ0v) is 23.6. The molecule has 0 aliphatic carbocycles. The molecule has 0 amide bonds. The molecule has 1 rings (SSSR count).